The molecule has 0 aliphatic carbocycles. The van der Waals surface area contributed by atoms with Gasteiger partial charge in [-0.05, 0) is 12.1 Å². The Labute approximate surface area is 125 Å². The van der Waals surface area contributed by atoms with Crippen LogP contribution in [0.3, 0.4) is 0 Å². The molecule has 0 aliphatic rings. The molecule has 6 heteroatoms. The Kier molecular flexibility index (Phi) is 4.16. The zero-order chi connectivity index (χ0) is 15.6. The van der Waals surface area contributed by atoms with Gasteiger partial charge in [0.05, 0.1) is 11.0 Å². The van der Waals surface area contributed by atoms with Crippen LogP contribution in [0.4, 0.5) is 5.69 Å². The van der Waals surface area contributed by atoms with Crippen LogP contribution in [0.25, 0.3) is 10.8 Å². The van der Waals surface area contributed by atoms with Gasteiger partial charge < -0.3 is 4.90 Å². The van der Waals surface area contributed by atoms with Crippen molar-refractivity contribution < 1.29 is 8.42 Å². The fourth-order valence-electron chi connectivity index (χ4n) is 2.23. The fraction of sp³-hybridized carbons (Fsp3) is 0.267. The first-order chi connectivity index (χ1) is 9.89. The second kappa shape index (κ2) is 5.72. The molecule has 0 fully saturated rings. The predicted molar refractivity (Wildman–Crippen MR) is 83.7 cm³/mol. The number of anilines is 1. The van der Waals surface area contributed by atoms with Gasteiger partial charge in [-0.25, -0.2) is 8.42 Å². The summed E-state index contributed by atoms with van der Waals surface area (Å²) in [5.41, 5.74) is 0.951. The van der Waals surface area contributed by atoms with Crippen LogP contribution < -0.4 is 4.90 Å². The van der Waals surface area contributed by atoms with E-state index in [1.54, 1.807) is 18.2 Å². The number of fused-ring (bicyclic) bond motifs is 1. The summed E-state index contributed by atoms with van der Waals surface area (Å²) < 4.78 is 26.2. The van der Waals surface area contributed by atoms with Crippen molar-refractivity contribution in [2.75, 3.05) is 32.6 Å². The lowest BCUT2D eigenvalue weighted by Crippen LogP contribution is -2.27. The Morgan fingerprint density at radius 3 is 2.29 bits per heavy atom. The van der Waals surface area contributed by atoms with E-state index in [9.17, 15) is 8.42 Å². The maximum absolute atomic E-state index is 12.6. The molecule has 21 heavy (non-hydrogen) atoms. The molecule has 0 bridgehead atoms. The minimum Gasteiger partial charge on any atom is -0.377 e. The second-order valence-corrected chi connectivity index (χ2v) is 6.96. The molecule has 0 unspecified atom stereocenters. The Bertz CT molecular complexity index is 807. The Morgan fingerprint density at radius 1 is 1.05 bits per heavy atom. The first kappa shape index (κ1) is 15.3. The fourth-order valence-corrected chi connectivity index (χ4v) is 3.50. The number of rotatable bonds is 4. The van der Waals surface area contributed by atoms with Gasteiger partial charge in [-0.15, -0.1) is 0 Å². The number of hydrogen-bond donors (Lipinski definition) is 0. The molecule has 0 radical (unpaired) electrons. The van der Waals surface area contributed by atoms with E-state index >= 15 is 0 Å². The quantitative estimate of drug-likeness (QED) is 0.811. The van der Waals surface area contributed by atoms with Crippen molar-refractivity contribution in [2.24, 2.45) is 0 Å². The van der Waals surface area contributed by atoms with Crippen molar-refractivity contribution in [1.29, 1.82) is 5.26 Å². The molecule has 0 aliphatic heterocycles. The summed E-state index contributed by atoms with van der Waals surface area (Å²) >= 11 is 0. The summed E-state index contributed by atoms with van der Waals surface area (Å²) in [7, 11) is 1.56. The maximum atomic E-state index is 12.6. The third-order valence-corrected chi connectivity index (χ3v) is 5.18. The van der Waals surface area contributed by atoms with Gasteiger partial charge in [-0.3, -0.25) is 0 Å². The van der Waals surface area contributed by atoms with E-state index in [2.05, 4.69) is 0 Å². The number of sulfonamides is 1. The van der Waals surface area contributed by atoms with E-state index in [1.807, 2.05) is 43.3 Å². The summed E-state index contributed by atoms with van der Waals surface area (Å²) in [5.74, 6) is 0. The topological polar surface area (TPSA) is 64.4 Å². The third kappa shape index (κ3) is 2.71. The molecule has 0 amide bonds. The van der Waals surface area contributed by atoms with Crippen molar-refractivity contribution in [3.63, 3.8) is 0 Å². The summed E-state index contributed by atoms with van der Waals surface area (Å²) in [4.78, 5) is 2.17. The van der Waals surface area contributed by atoms with Crippen molar-refractivity contribution in [3.8, 4) is 6.07 Å². The molecule has 0 atom stereocenters. The minimum absolute atomic E-state index is 0.175. The summed E-state index contributed by atoms with van der Waals surface area (Å²) in [6.45, 7) is -0.175. The number of hydrogen-bond acceptors (Lipinski definition) is 4. The van der Waals surface area contributed by atoms with E-state index in [0.29, 0.717) is 5.39 Å². The average Bonchev–Trinajstić information content (AvgIpc) is 2.45. The highest BCUT2D eigenvalue weighted by Crippen LogP contribution is 2.31. The lowest BCUT2D eigenvalue weighted by Gasteiger charge is -2.19. The van der Waals surface area contributed by atoms with Crippen LogP contribution in [0.1, 0.15) is 0 Å². The van der Waals surface area contributed by atoms with Gasteiger partial charge >= 0.3 is 0 Å². The predicted octanol–water partition coefficient (Wildman–Crippen LogP) is 2.05. The monoisotopic (exact) mass is 303 g/mol. The highest BCUT2D eigenvalue weighted by Gasteiger charge is 2.23. The number of benzene rings is 2. The van der Waals surface area contributed by atoms with Crippen LogP contribution in [0.5, 0.6) is 0 Å². The average molecular weight is 303 g/mol. The molecule has 0 spiro atoms. The molecule has 110 valence electrons. The van der Waals surface area contributed by atoms with Crippen molar-refractivity contribution in [1.82, 2.24) is 4.31 Å². The standard InChI is InChI=1S/C15H17N3O2S/c1-17(2)14-8-4-7-13-12(14)6-5-9-15(13)21(19,20)18(3)11-10-16/h4-9H,11H2,1-3H3. The molecule has 2 rings (SSSR count). The van der Waals surface area contributed by atoms with Crippen molar-refractivity contribution in [3.05, 3.63) is 36.4 Å². The molecule has 2 aromatic carbocycles. The smallest absolute Gasteiger partial charge is 0.244 e. The van der Waals surface area contributed by atoms with Crippen LogP contribution in [0, 0.1) is 11.3 Å². The molecule has 0 N–H and O–H groups in total. The largest absolute Gasteiger partial charge is 0.377 e. The van der Waals surface area contributed by atoms with Crippen LogP contribution in [-0.2, 0) is 10.0 Å². The Balaban J connectivity index is 2.73. The molecule has 0 saturated carbocycles. The zero-order valence-electron chi connectivity index (χ0n) is 12.2. The van der Waals surface area contributed by atoms with E-state index < -0.39 is 10.0 Å². The van der Waals surface area contributed by atoms with E-state index in [0.717, 1.165) is 15.4 Å². The van der Waals surface area contributed by atoms with Crippen LogP contribution in [0.2, 0.25) is 0 Å². The van der Waals surface area contributed by atoms with Crippen LogP contribution in [-0.4, -0.2) is 40.4 Å². The highest BCUT2D eigenvalue weighted by atomic mass is 32.2. The molecule has 0 aromatic heterocycles. The first-order valence-electron chi connectivity index (χ1n) is 6.42. The van der Waals surface area contributed by atoms with Gasteiger partial charge in [-0.1, -0.05) is 24.3 Å². The molecule has 0 saturated heterocycles. The normalized spacial score (nSPS) is 11.6. The van der Waals surface area contributed by atoms with E-state index in [4.69, 9.17) is 5.26 Å². The second-order valence-electron chi connectivity index (χ2n) is 4.94. The lowest BCUT2D eigenvalue weighted by atomic mass is 10.1. The molecule has 0 heterocycles. The zero-order valence-corrected chi connectivity index (χ0v) is 13.1. The lowest BCUT2D eigenvalue weighted by molar-refractivity contribution is 0.502. The van der Waals surface area contributed by atoms with Crippen LogP contribution in [0.15, 0.2) is 41.3 Å². The first-order valence-corrected chi connectivity index (χ1v) is 7.86. The van der Waals surface area contributed by atoms with Gasteiger partial charge in [0.25, 0.3) is 0 Å². The van der Waals surface area contributed by atoms with Gasteiger partial charge in [0.15, 0.2) is 0 Å². The third-order valence-electron chi connectivity index (χ3n) is 3.32. The molecular weight excluding hydrogens is 286 g/mol. The van der Waals surface area contributed by atoms with Crippen LogP contribution >= 0.6 is 0 Å². The Hall–Kier alpha value is -2.10. The van der Waals surface area contributed by atoms with Gasteiger partial charge in [0.1, 0.15) is 6.54 Å². The number of nitriles is 1. The Morgan fingerprint density at radius 2 is 1.67 bits per heavy atom. The van der Waals surface area contributed by atoms with Crippen molar-refractivity contribution >= 4 is 26.5 Å². The molecule has 2 aromatic rings. The summed E-state index contributed by atoms with van der Waals surface area (Å²) in [6.07, 6.45) is 0. The number of nitrogens with zero attached hydrogens (tertiary/aromatic N) is 3. The minimum atomic E-state index is -3.68. The van der Waals surface area contributed by atoms with E-state index in [-0.39, 0.29) is 11.4 Å². The van der Waals surface area contributed by atoms with Gasteiger partial charge in [-0.2, -0.15) is 9.57 Å². The highest BCUT2D eigenvalue weighted by molar-refractivity contribution is 7.89. The van der Waals surface area contributed by atoms with Gasteiger partial charge in [0, 0.05) is 37.6 Å². The van der Waals surface area contributed by atoms with Gasteiger partial charge in [0.2, 0.25) is 10.0 Å². The van der Waals surface area contributed by atoms with Crippen molar-refractivity contribution in [2.45, 2.75) is 4.90 Å². The molecular formula is C15H17N3O2S. The molecule has 5 nitrogen and oxygen atoms in total. The SMILES string of the molecule is CN(C)c1cccc2c(S(=O)(=O)N(C)CC#N)cccc12. The van der Waals surface area contributed by atoms with E-state index in [1.165, 1.54) is 7.05 Å². The maximum Gasteiger partial charge on any atom is 0.244 e. The summed E-state index contributed by atoms with van der Waals surface area (Å²) in [6, 6.07) is 12.6. The summed E-state index contributed by atoms with van der Waals surface area (Å²) in [5, 5.41) is 10.2.